The highest BCUT2D eigenvalue weighted by molar-refractivity contribution is 7.89. The van der Waals surface area contributed by atoms with E-state index in [4.69, 9.17) is 14.3 Å². The van der Waals surface area contributed by atoms with Gasteiger partial charge in [-0.15, -0.1) is 11.3 Å². The molecule has 33 heavy (non-hydrogen) atoms. The maximum Gasteiger partial charge on any atom is 0.251 e. The van der Waals surface area contributed by atoms with E-state index in [-0.39, 0.29) is 10.8 Å². The van der Waals surface area contributed by atoms with Crippen LogP contribution in [0.25, 0.3) is 11.5 Å². The van der Waals surface area contributed by atoms with Crippen molar-refractivity contribution in [1.29, 1.82) is 0 Å². The fourth-order valence-electron chi connectivity index (χ4n) is 3.03. The van der Waals surface area contributed by atoms with Crippen LogP contribution in [0.4, 0.5) is 0 Å². The van der Waals surface area contributed by atoms with Gasteiger partial charge in [0.2, 0.25) is 10.0 Å². The number of sulfonamides is 1. The van der Waals surface area contributed by atoms with Crippen LogP contribution in [-0.4, -0.2) is 25.9 Å². The number of hydrogen-bond acceptors (Lipinski definition) is 7. The predicted octanol–water partition coefficient (Wildman–Crippen LogP) is 3.60. The maximum atomic E-state index is 12.4. The molecular formula is C23H21N3O5S2. The predicted molar refractivity (Wildman–Crippen MR) is 124 cm³/mol. The third-order valence-electron chi connectivity index (χ3n) is 4.76. The van der Waals surface area contributed by atoms with Gasteiger partial charge in [0.25, 0.3) is 5.91 Å². The first-order valence-electron chi connectivity index (χ1n) is 9.99. The van der Waals surface area contributed by atoms with E-state index in [2.05, 4.69) is 10.3 Å². The average Bonchev–Trinajstić information content (AvgIpc) is 3.50. The lowest BCUT2D eigenvalue weighted by Crippen LogP contribution is -2.25. The van der Waals surface area contributed by atoms with Gasteiger partial charge in [0.15, 0.2) is 5.76 Å². The summed E-state index contributed by atoms with van der Waals surface area (Å²) in [5.41, 5.74) is 2.18. The van der Waals surface area contributed by atoms with Gasteiger partial charge in [-0.3, -0.25) is 4.79 Å². The summed E-state index contributed by atoms with van der Waals surface area (Å²) in [6.07, 6.45) is 2.17. The van der Waals surface area contributed by atoms with E-state index < -0.39 is 10.0 Å². The van der Waals surface area contributed by atoms with Crippen molar-refractivity contribution in [2.24, 2.45) is 5.14 Å². The molecule has 0 bridgehead atoms. The van der Waals surface area contributed by atoms with Crippen LogP contribution in [0.1, 0.15) is 20.9 Å². The van der Waals surface area contributed by atoms with Gasteiger partial charge in [-0.2, -0.15) is 0 Å². The Kier molecular flexibility index (Phi) is 6.87. The van der Waals surface area contributed by atoms with Crippen LogP contribution in [-0.2, 0) is 23.1 Å². The summed E-state index contributed by atoms with van der Waals surface area (Å²) in [6, 6.07) is 16.8. The molecule has 2 aromatic heterocycles. The smallest absolute Gasteiger partial charge is 0.251 e. The van der Waals surface area contributed by atoms with E-state index in [0.717, 1.165) is 16.3 Å². The Morgan fingerprint density at radius 1 is 1.09 bits per heavy atom. The van der Waals surface area contributed by atoms with E-state index in [1.54, 1.807) is 42.7 Å². The van der Waals surface area contributed by atoms with Crippen molar-refractivity contribution in [3.63, 3.8) is 0 Å². The molecule has 0 fully saturated rings. The Labute approximate surface area is 195 Å². The maximum absolute atomic E-state index is 12.4. The number of carbonyl (C=O) groups excluding carboxylic acids is 1. The Morgan fingerprint density at radius 2 is 1.85 bits per heavy atom. The monoisotopic (exact) mass is 483 g/mol. The number of nitrogens with two attached hydrogens (primary N) is 1. The van der Waals surface area contributed by atoms with Crippen molar-refractivity contribution in [1.82, 2.24) is 10.3 Å². The molecule has 0 aliphatic heterocycles. The SMILES string of the molecule is NS(=O)(=O)c1ccc(CCNC(=O)c2ccc(OCc3nc(-c4ccco4)cs3)cc2)cc1. The van der Waals surface area contributed by atoms with Gasteiger partial charge < -0.3 is 14.5 Å². The largest absolute Gasteiger partial charge is 0.486 e. The zero-order valence-electron chi connectivity index (χ0n) is 17.4. The van der Waals surface area contributed by atoms with Crippen LogP contribution in [0.3, 0.4) is 0 Å². The average molecular weight is 484 g/mol. The standard InChI is InChI=1S/C23H21N3O5S2/c24-33(28,29)19-9-3-16(4-10-19)11-12-25-23(27)17-5-7-18(8-6-17)31-14-22-26-20(15-32-22)21-2-1-13-30-21/h1-10,13,15H,11-12,14H2,(H,25,27)(H2,24,28,29). The molecule has 8 nitrogen and oxygen atoms in total. The number of aromatic nitrogens is 1. The van der Waals surface area contributed by atoms with E-state index >= 15 is 0 Å². The fraction of sp³-hybridized carbons (Fsp3) is 0.130. The highest BCUT2D eigenvalue weighted by Crippen LogP contribution is 2.23. The van der Waals surface area contributed by atoms with Crippen molar-refractivity contribution in [2.75, 3.05) is 6.54 Å². The molecule has 0 aliphatic carbocycles. The molecule has 0 radical (unpaired) electrons. The van der Waals surface area contributed by atoms with Gasteiger partial charge in [-0.25, -0.2) is 18.5 Å². The Morgan fingerprint density at radius 3 is 2.52 bits per heavy atom. The molecule has 10 heteroatoms. The summed E-state index contributed by atoms with van der Waals surface area (Å²) in [6.45, 7) is 0.731. The molecule has 0 unspecified atom stereocenters. The minimum Gasteiger partial charge on any atom is -0.486 e. The topological polar surface area (TPSA) is 125 Å². The molecule has 0 aliphatic rings. The van der Waals surface area contributed by atoms with E-state index in [1.165, 1.54) is 23.5 Å². The van der Waals surface area contributed by atoms with Crippen molar-refractivity contribution in [3.8, 4) is 17.2 Å². The highest BCUT2D eigenvalue weighted by atomic mass is 32.2. The highest BCUT2D eigenvalue weighted by Gasteiger charge is 2.10. The van der Waals surface area contributed by atoms with Crippen LogP contribution in [0.15, 0.2) is 81.6 Å². The first kappa shape index (κ1) is 22.7. The van der Waals surface area contributed by atoms with Crippen molar-refractivity contribution >= 4 is 27.3 Å². The summed E-state index contributed by atoms with van der Waals surface area (Å²) in [7, 11) is -3.71. The zero-order chi connectivity index (χ0) is 23.3. The minimum absolute atomic E-state index is 0.0606. The minimum atomic E-state index is -3.71. The van der Waals surface area contributed by atoms with Crippen molar-refractivity contribution < 1.29 is 22.4 Å². The summed E-state index contributed by atoms with van der Waals surface area (Å²) < 4.78 is 33.7. The normalized spacial score (nSPS) is 11.3. The van der Waals surface area contributed by atoms with Crippen LogP contribution in [0, 0.1) is 0 Å². The van der Waals surface area contributed by atoms with Gasteiger partial charge in [0.1, 0.15) is 23.1 Å². The second-order valence-electron chi connectivity index (χ2n) is 7.11. The van der Waals surface area contributed by atoms with Crippen LogP contribution >= 0.6 is 11.3 Å². The summed E-state index contributed by atoms with van der Waals surface area (Å²) >= 11 is 1.49. The number of nitrogens with zero attached hydrogens (tertiary/aromatic N) is 1. The number of ether oxygens (including phenoxy) is 1. The van der Waals surface area contributed by atoms with Gasteiger partial charge in [-0.1, -0.05) is 12.1 Å². The second kappa shape index (κ2) is 9.99. The van der Waals surface area contributed by atoms with Gasteiger partial charge in [0.05, 0.1) is 11.2 Å². The molecule has 1 amide bonds. The zero-order valence-corrected chi connectivity index (χ0v) is 19.1. The van der Waals surface area contributed by atoms with Crippen molar-refractivity contribution in [2.45, 2.75) is 17.9 Å². The molecule has 2 heterocycles. The lowest BCUT2D eigenvalue weighted by atomic mass is 10.1. The summed E-state index contributed by atoms with van der Waals surface area (Å²) in [5.74, 6) is 1.15. The summed E-state index contributed by atoms with van der Waals surface area (Å²) in [5, 5.41) is 10.7. The number of amides is 1. The molecule has 0 saturated heterocycles. The molecule has 0 saturated carbocycles. The Balaban J connectivity index is 1.24. The van der Waals surface area contributed by atoms with Gasteiger partial charge >= 0.3 is 0 Å². The lowest BCUT2D eigenvalue weighted by Gasteiger charge is -2.08. The quantitative estimate of drug-likeness (QED) is 0.375. The van der Waals surface area contributed by atoms with Crippen LogP contribution in [0.2, 0.25) is 0 Å². The number of thiazole rings is 1. The Hall–Kier alpha value is -3.47. The molecule has 0 atom stereocenters. The molecule has 4 rings (SSSR count). The molecule has 4 aromatic rings. The van der Waals surface area contributed by atoms with Crippen molar-refractivity contribution in [3.05, 3.63) is 88.4 Å². The number of rotatable bonds is 9. The molecule has 170 valence electrons. The number of carbonyl (C=O) groups is 1. The van der Waals surface area contributed by atoms with E-state index in [1.807, 2.05) is 17.5 Å². The molecule has 2 aromatic carbocycles. The number of furan rings is 1. The van der Waals surface area contributed by atoms with Crippen LogP contribution in [0.5, 0.6) is 5.75 Å². The number of nitrogens with one attached hydrogen (secondary N) is 1. The van der Waals surface area contributed by atoms with E-state index in [9.17, 15) is 13.2 Å². The van der Waals surface area contributed by atoms with Gasteiger partial charge in [-0.05, 0) is 60.5 Å². The first-order valence-corrected chi connectivity index (χ1v) is 12.4. The fourth-order valence-corrected chi connectivity index (χ4v) is 4.24. The summed E-state index contributed by atoms with van der Waals surface area (Å²) in [4.78, 5) is 16.9. The third-order valence-corrected chi connectivity index (χ3v) is 6.51. The molecule has 0 spiro atoms. The number of primary sulfonamides is 1. The Bertz CT molecular complexity index is 1310. The van der Waals surface area contributed by atoms with Crippen LogP contribution < -0.4 is 15.2 Å². The number of benzene rings is 2. The second-order valence-corrected chi connectivity index (χ2v) is 9.62. The lowest BCUT2D eigenvalue weighted by molar-refractivity contribution is 0.0954. The molecular weight excluding hydrogens is 462 g/mol. The number of hydrogen-bond donors (Lipinski definition) is 2. The third kappa shape index (κ3) is 6.07. The first-order chi connectivity index (χ1) is 15.9. The van der Waals surface area contributed by atoms with Gasteiger partial charge in [0, 0.05) is 17.5 Å². The van der Waals surface area contributed by atoms with E-state index in [0.29, 0.717) is 36.6 Å². The molecule has 3 N–H and O–H groups in total.